The van der Waals surface area contributed by atoms with Crippen molar-refractivity contribution in [1.29, 1.82) is 0 Å². The molecule has 230 valence electrons. The van der Waals surface area contributed by atoms with Crippen molar-refractivity contribution < 1.29 is 14.3 Å². The van der Waals surface area contributed by atoms with Crippen LogP contribution in [0.2, 0.25) is 0 Å². The highest BCUT2D eigenvalue weighted by Crippen LogP contribution is 2.62. The monoisotopic (exact) mass is 583 g/mol. The van der Waals surface area contributed by atoms with E-state index < -0.39 is 0 Å². The predicted molar refractivity (Wildman–Crippen MR) is 170 cm³/mol. The lowest BCUT2D eigenvalue weighted by Gasteiger charge is -2.50. The summed E-state index contributed by atoms with van der Waals surface area (Å²) < 4.78 is 5.42. The van der Waals surface area contributed by atoms with E-state index >= 15 is 0 Å². The lowest BCUT2D eigenvalue weighted by Crippen LogP contribution is -2.46. The fourth-order valence-electron chi connectivity index (χ4n) is 9.58. The van der Waals surface area contributed by atoms with E-state index in [1.54, 1.807) is 11.1 Å². The van der Waals surface area contributed by atoms with Gasteiger partial charge in [0, 0.05) is 69.8 Å². The highest BCUT2D eigenvalue weighted by atomic mass is 16.5. The number of piperazine rings is 1. The molecule has 5 aliphatic rings. The maximum atomic E-state index is 13.5. The highest BCUT2D eigenvalue weighted by molar-refractivity contribution is 5.87. The molecule has 0 unspecified atom stereocenters. The molecule has 2 aliphatic heterocycles. The Morgan fingerprint density at radius 2 is 1.77 bits per heavy atom. The molecular formula is C37H49N3O3. The first-order chi connectivity index (χ1) is 21.0. The zero-order valence-corrected chi connectivity index (χ0v) is 26.0. The molecule has 0 N–H and O–H groups in total. The van der Waals surface area contributed by atoms with E-state index in [1.807, 2.05) is 4.90 Å². The summed E-state index contributed by atoms with van der Waals surface area (Å²) in [6, 6.07) is 18.2. The molecule has 0 spiro atoms. The van der Waals surface area contributed by atoms with Gasteiger partial charge < -0.3 is 14.5 Å². The Kier molecular flexibility index (Phi) is 8.34. The Balaban J connectivity index is 0.993. The molecule has 0 bridgehead atoms. The van der Waals surface area contributed by atoms with E-state index in [0.717, 1.165) is 84.3 Å². The van der Waals surface area contributed by atoms with Gasteiger partial charge in [0.1, 0.15) is 5.78 Å². The van der Waals surface area contributed by atoms with Gasteiger partial charge in [0.05, 0.1) is 13.2 Å². The van der Waals surface area contributed by atoms with Crippen molar-refractivity contribution in [3.63, 3.8) is 0 Å². The highest BCUT2D eigenvalue weighted by Gasteiger charge is 2.58. The van der Waals surface area contributed by atoms with Crippen LogP contribution in [0.1, 0.15) is 74.5 Å². The van der Waals surface area contributed by atoms with Crippen molar-refractivity contribution in [2.75, 3.05) is 57.4 Å². The van der Waals surface area contributed by atoms with Crippen molar-refractivity contribution >= 4 is 17.4 Å². The lowest BCUT2D eigenvalue weighted by atomic mass is 9.54. The molecule has 0 aromatic heterocycles. The molecule has 0 radical (unpaired) electrons. The zero-order valence-electron chi connectivity index (χ0n) is 26.0. The number of benzene rings is 2. The number of ketones is 1. The summed E-state index contributed by atoms with van der Waals surface area (Å²) in [4.78, 5) is 33.3. The third-order valence-corrected chi connectivity index (χ3v) is 11.9. The number of carbonyl (C=O) groups excluding carboxylic acids is 2. The average molecular weight is 584 g/mol. The number of ether oxygens (including phenoxy) is 1. The number of carbonyl (C=O) groups is 2. The molecule has 2 saturated heterocycles. The molecule has 2 heterocycles. The second kappa shape index (κ2) is 12.4. The van der Waals surface area contributed by atoms with Gasteiger partial charge in [-0.2, -0.15) is 0 Å². The smallest absolute Gasteiger partial charge is 0.222 e. The van der Waals surface area contributed by atoms with Crippen LogP contribution < -0.4 is 4.90 Å². The van der Waals surface area contributed by atoms with E-state index in [2.05, 4.69) is 65.3 Å². The quantitative estimate of drug-likeness (QED) is 0.419. The predicted octanol–water partition coefficient (Wildman–Crippen LogP) is 5.69. The van der Waals surface area contributed by atoms with Gasteiger partial charge >= 0.3 is 0 Å². The SMILES string of the molecule is C[C@]12CC[C@@H]3c4ccc(N5CCN(Cc6ccccc6)CC5)cc4CC[C@H]3[C@@H]1[C@@H](CCCC(=O)N1CCOCC1)CC2=O. The molecule has 4 fully saturated rings. The largest absolute Gasteiger partial charge is 0.378 e. The van der Waals surface area contributed by atoms with Crippen LogP contribution in [-0.2, 0) is 27.3 Å². The maximum Gasteiger partial charge on any atom is 0.222 e. The summed E-state index contributed by atoms with van der Waals surface area (Å²) in [7, 11) is 0. The number of aryl methyl sites for hydroxylation is 1. The van der Waals surface area contributed by atoms with E-state index in [9.17, 15) is 9.59 Å². The minimum absolute atomic E-state index is 0.170. The Hall–Kier alpha value is -2.70. The Morgan fingerprint density at radius 1 is 0.977 bits per heavy atom. The Labute approximate surface area is 257 Å². The topological polar surface area (TPSA) is 53.1 Å². The van der Waals surface area contributed by atoms with Crippen LogP contribution in [0.15, 0.2) is 48.5 Å². The second-order valence-corrected chi connectivity index (χ2v) is 14.2. The van der Waals surface area contributed by atoms with Crippen LogP contribution in [0.4, 0.5) is 5.69 Å². The first-order valence-corrected chi connectivity index (χ1v) is 17.0. The summed E-state index contributed by atoms with van der Waals surface area (Å²) in [5.74, 6) is 2.80. The minimum Gasteiger partial charge on any atom is -0.378 e. The number of hydrogen-bond acceptors (Lipinski definition) is 5. The third kappa shape index (κ3) is 5.78. The number of hydrogen-bond donors (Lipinski definition) is 0. The van der Waals surface area contributed by atoms with Crippen molar-refractivity contribution in [3.05, 3.63) is 65.2 Å². The van der Waals surface area contributed by atoms with Gasteiger partial charge in [-0.05, 0) is 91.0 Å². The number of amides is 1. The standard InChI is InChI=1S/C37H49N3O3/c1-37-15-14-32-31-13-11-30(39-18-16-38(17-19-39)26-27-6-3-2-4-7-27)24-28(31)10-12-33(32)36(37)29(25-34(37)41)8-5-9-35(42)40-20-22-43-23-21-40/h2-4,6-7,11,13,24,29,32-33,36H,5,8-10,12,14-23,25-26H2,1H3/t29-,32+,33+,36-,37+/m0/s1. The molecule has 6 nitrogen and oxygen atoms in total. The molecular weight excluding hydrogens is 534 g/mol. The number of nitrogens with zero attached hydrogens (tertiary/aromatic N) is 3. The number of Topliss-reactive ketones (excluding diaryl/α,β-unsaturated/α-hetero) is 1. The molecule has 2 aromatic carbocycles. The Bertz CT molecular complexity index is 1300. The summed E-state index contributed by atoms with van der Waals surface area (Å²) in [5.41, 5.74) is 5.72. The van der Waals surface area contributed by atoms with Crippen LogP contribution >= 0.6 is 0 Å². The summed E-state index contributed by atoms with van der Waals surface area (Å²) >= 11 is 0. The third-order valence-electron chi connectivity index (χ3n) is 11.9. The van der Waals surface area contributed by atoms with Gasteiger partial charge in [-0.15, -0.1) is 0 Å². The average Bonchev–Trinajstić information content (AvgIpc) is 3.31. The first-order valence-electron chi connectivity index (χ1n) is 17.0. The van der Waals surface area contributed by atoms with Crippen molar-refractivity contribution in [2.45, 2.75) is 70.8 Å². The van der Waals surface area contributed by atoms with E-state index in [4.69, 9.17) is 4.74 Å². The van der Waals surface area contributed by atoms with Crippen LogP contribution in [0.5, 0.6) is 0 Å². The van der Waals surface area contributed by atoms with Crippen molar-refractivity contribution in [2.24, 2.45) is 23.2 Å². The van der Waals surface area contributed by atoms with E-state index in [0.29, 0.717) is 49.1 Å². The number of morpholine rings is 1. The molecule has 3 aliphatic carbocycles. The minimum atomic E-state index is -0.170. The normalized spacial score (nSPS) is 31.0. The van der Waals surface area contributed by atoms with Crippen molar-refractivity contribution in [3.8, 4) is 0 Å². The number of rotatable bonds is 7. The molecule has 5 atom stereocenters. The molecule has 7 rings (SSSR count). The van der Waals surface area contributed by atoms with E-state index in [1.165, 1.54) is 17.7 Å². The van der Waals surface area contributed by atoms with Crippen LogP contribution in [0.25, 0.3) is 0 Å². The van der Waals surface area contributed by atoms with Gasteiger partial charge in [-0.25, -0.2) is 0 Å². The maximum absolute atomic E-state index is 13.5. The molecule has 2 saturated carbocycles. The zero-order chi connectivity index (χ0) is 29.4. The summed E-state index contributed by atoms with van der Waals surface area (Å²) in [6.45, 7) is 10.4. The van der Waals surface area contributed by atoms with Gasteiger partial charge in [0.2, 0.25) is 5.91 Å². The lowest BCUT2D eigenvalue weighted by molar-refractivity contribution is -0.135. The molecule has 1 amide bonds. The second-order valence-electron chi connectivity index (χ2n) is 14.2. The number of fused-ring (bicyclic) bond motifs is 5. The van der Waals surface area contributed by atoms with Gasteiger partial charge in [-0.3, -0.25) is 14.5 Å². The van der Waals surface area contributed by atoms with Crippen LogP contribution in [0, 0.1) is 23.2 Å². The molecule has 43 heavy (non-hydrogen) atoms. The first kappa shape index (κ1) is 29.0. The fourth-order valence-corrected chi connectivity index (χ4v) is 9.58. The summed E-state index contributed by atoms with van der Waals surface area (Å²) in [6.07, 6.45) is 7.71. The fraction of sp³-hybridized carbons (Fsp3) is 0.622. The van der Waals surface area contributed by atoms with Gasteiger partial charge in [-0.1, -0.05) is 43.3 Å². The molecule has 2 aromatic rings. The van der Waals surface area contributed by atoms with Crippen LogP contribution in [-0.4, -0.2) is 74.0 Å². The number of anilines is 1. The van der Waals surface area contributed by atoms with Crippen molar-refractivity contribution in [1.82, 2.24) is 9.80 Å². The molecule has 6 heteroatoms. The Morgan fingerprint density at radius 3 is 2.56 bits per heavy atom. The van der Waals surface area contributed by atoms with Gasteiger partial charge in [0.15, 0.2) is 0 Å². The summed E-state index contributed by atoms with van der Waals surface area (Å²) in [5, 5.41) is 0. The van der Waals surface area contributed by atoms with Crippen LogP contribution in [0.3, 0.4) is 0 Å². The van der Waals surface area contributed by atoms with E-state index in [-0.39, 0.29) is 11.3 Å². The van der Waals surface area contributed by atoms with Gasteiger partial charge in [0.25, 0.3) is 0 Å².